The number of fused-ring (bicyclic) bond motifs is 1. The first-order valence-electron chi connectivity index (χ1n) is 10.5. The Labute approximate surface area is 177 Å². The lowest BCUT2D eigenvalue weighted by Gasteiger charge is -2.29. The van der Waals surface area contributed by atoms with Crippen LogP contribution in [-0.2, 0) is 24.3 Å². The van der Waals surface area contributed by atoms with Crippen LogP contribution in [0.5, 0.6) is 0 Å². The van der Waals surface area contributed by atoms with Gasteiger partial charge in [-0.2, -0.15) is 5.10 Å². The van der Waals surface area contributed by atoms with Crippen molar-refractivity contribution < 1.29 is 9.90 Å². The lowest BCUT2D eigenvalue weighted by molar-refractivity contribution is -0.129. The summed E-state index contributed by atoms with van der Waals surface area (Å²) in [5.74, 6) is 0.0792. The van der Waals surface area contributed by atoms with Gasteiger partial charge in [-0.15, -0.1) is 0 Å². The summed E-state index contributed by atoms with van der Waals surface area (Å²) in [4.78, 5) is 16.2. The number of carbonyl (C=O) groups excluding carboxylic acids is 1. The summed E-state index contributed by atoms with van der Waals surface area (Å²) in [6.45, 7) is 6.16. The summed E-state index contributed by atoms with van der Waals surface area (Å²) in [7, 11) is 0. The molecule has 1 amide bonds. The second kappa shape index (κ2) is 8.86. The first-order valence-corrected chi connectivity index (χ1v) is 10.9. The van der Waals surface area contributed by atoms with Crippen LogP contribution in [0, 0.1) is 0 Å². The number of hydrogen-bond acceptors (Lipinski definition) is 4. The summed E-state index contributed by atoms with van der Waals surface area (Å²) in [5, 5.41) is 16.3. The highest BCUT2D eigenvalue weighted by molar-refractivity contribution is 6.30. The van der Waals surface area contributed by atoms with Crippen molar-refractivity contribution in [1.82, 2.24) is 19.6 Å². The van der Waals surface area contributed by atoms with E-state index in [9.17, 15) is 9.90 Å². The van der Waals surface area contributed by atoms with E-state index in [0.29, 0.717) is 31.2 Å². The van der Waals surface area contributed by atoms with Crippen molar-refractivity contribution in [3.05, 3.63) is 40.5 Å². The Kier molecular flexibility index (Phi) is 6.23. The van der Waals surface area contributed by atoms with E-state index in [1.54, 1.807) is 6.92 Å². The van der Waals surface area contributed by atoms with E-state index in [1.807, 2.05) is 33.8 Å². The number of β-amino-alcohol motifs (C(OH)–C–C–N with tert-alkyl or cyclic N) is 1. The fraction of sp³-hybridized carbons (Fsp3) is 0.545. The largest absolute Gasteiger partial charge is 0.390 e. The van der Waals surface area contributed by atoms with Crippen molar-refractivity contribution >= 4 is 17.5 Å². The number of aromatic nitrogens is 2. The summed E-state index contributed by atoms with van der Waals surface area (Å²) in [5.41, 5.74) is 4.08. The minimum Gasteiger partial charge on any atom is -0.390 e. The molecule has 4 rings (SSSR count). The van der Waals surface area contributed by atoms with Gasteiger partial charge in [0.25, 0.3) is 0 Å². The average molecular weight is 417 g/mol. The van der Waals surface area contributed by atoms with Gasteiger partial charge in [-0.1, -0.05) is 30.2 Å². The molecule has 1 saturated heterocycles. The van der Waals surface area contributed by atoms with Gasteiger partial charge in [-0.25, -0.2) is 0 Å². The van der Waals surface area contributed by atoms with E-state index in [2.05, 4.69) is 4.90 Å². The number of carbonyl (C=O) groups is 1. The highest BCUT2D eigenvalue weighted by Crippen LogP contribution is 2.31. The van der Waals surface area contributed by atoms with Crippen LogP contribution >= 0.6 is 11.6 Å². The Bertz CT molecular complexity index is 858. The molecule has 1 atom stereocenters. The van der Waals surface area contributed by atoms with Crippen LogP contribution in [0.25, 0.3) is 11.3 Å². The van der Waals surface area contributed by atoms with Gasteiger partial charge in [-0.05, 0) is 38.1 Å². The van der Waals surface area contributed by atoms with Gasteiger partial charge in [0.05, 0.1) is 18.3 Å². The summed E-state index contributed by atoms with van der Waals surface area (Å²) < 4.78 is 1.96. The van der Waals surface area contributed by atoms with Crippen molar-refractivity contribution in [3.63, 3.8) is 0 Å². The minimum absolute atomic E-state index is 0.0792. The van der Waals surface area contributed by atoms with Crippen molar-refractivity contribution in [3.8, 4) is 11.3 Å². The SMILES string of the molecule is CC(=O)N1CCc2c(c(-c3ccc(Cl)cc3)nn2CC(O)CN2CCCCC2)C1. The number of amides is 1. The topological polar surface area (TPSA) is 61.6 Å². The standard InChI is InChI=1S/C22H29ClN4O2/c1-16(28)26-12-9-21-20(15-26)22(17-5-7-18(23)8-6-17)24-27(21)14-19(29)13-25-10-3-2-4-11-25/h5-8,19,29H,2-4,9-15H2,1H3. The number of benzene rings is 1. The average Bonchev–Trinajstić information content (AvgIpc) is 3.07. The molecule has 156 valence electrons. The van der Waals surface area contributed by atoms with Crippen LogP contribution in [0.15, 0.2) is 24.3 Å². The lowest BCUT2D eigenvalue weighted by atomic mass is 10.0. The molecule has 2 aromatic rings. The second-order valence-electron chi connectivity index (χ2n) is 8.17. The minimum atomic E-state index is -0.457. The molecule has 1 unspecified atom stereocenters. The highest BCUT2D eigenvalue weighted by Gasteiger charge is 2.27. The van der Waals surface area contributed by atoms with Crippen molar-refractivity contribution in [2.75, 3.05) is 26.2 Å². The first-order chi connectivity index (χ1) is 14.0. The van der Waals surface area contributed by atoms with Gasteiger partial charge in [0, 0.05) is 54.8 Å². The molecule has 2 aliphatic heterocycles. The molecule has 3 heterocycles. The van der Waals surface area contributed by atoms with Crippen LogP contribution < -0.4 is 0 Å². The van der Waals surface area contributed by atoms with Crippen molar-refractivity contribution in [1.29, 1.82) is 0 Å². The predicted octanol–water partition coefficient (Wildman–Crippen LogP) is 2.95. The van der Waals surface area contributed by atoms with E-state index in [1.165, 1.54) is 19.3 Å². The Morgan fingerprint density at radius 1 is 1.14 bits per heavy atom. The molecular formula is C22H29ClN4O2. The number of aliphatic hydroxyl groups is 1. The van der Waals surface area contributed by atoms with E-state index >= 15 is 0 Å². The summed E-state index contributed by atoms with van der Waals surface area (Å²) in [6, 6.07) is 7.65. The van der Waals surface area contributed by atoms with E-state index in [0.717, 1.165) is 42.0 Å². The number of aliphatic hydroxyl groups excluding tert-OH is 1. The quantitative estimate of drug-likeness (QED) is 0.814. The van der Waals surface area contributed by atoms with Gasteiger partial charge in [0.15, 0.2) is 0 Å². The Morgan fingerprint density at radius 2 is 1.86 bits per heavy atom. The van der Waals surface area contributed by atoms with Gasteiger partial charge in [0.1, 0.15) is 0 Å². The van der Waals surface area contributed by atoms with Gasteiger partial charge < -0.3 is 14.9 Å². The summed E-state index contributed by atoms with van der Waals surface area (Å²) >= 11 is 6.06. The molecule has 0 aliphatic carbocycles. The van der Waals surface area contributed by atoms with E-state index in [4.69, 9.17) is 16.7 Å². The number of likely N-dealkylation sites (tertiary alicyclic amines) is 1. The third-order valence-electron chi connectivity index (χ3n) is 6.00. The number of hydrogen-bond donors (Lipinski definition) is 1. The maximum atomic E-state index is 11.9. The molecular weight excluding hydrogens is 388 g/mol. The molecule has 29 heavy (non-hydrogen) atoms. The molecule has 2 aliphatic rings. The maximum Gasteiger partial charge on any atom is 0.219 e. The van der Waals surface area contributed by atoms with Crippen molar-refractivity contribution in [2.24, 2.45) is 0 Å². The zero-order valence-electron chi connectivity index (χ0n) is 17.0. The molecule has 0 bridgehead atoms. The zero-order chi connectivity index (χ0) is 20.4. The Hall–Kier alpha value is -1.89. The van der Waals surface area contributed by atoms with Crippen LogP contribution in [0.1, 0.15) is 37.4 Å². The van der Waals surface area contributed by atoms with E-state index < -0.39 is 6.10 Å². The summed E-state index contributed by atoms with van der Waals surface area (Å²) in [6.07, 6.45) is 4.01. The highest BCUT2D eigenvalue weighted by atomic mass is 35.5. The number of piperidine rings is 1. The molecule has 1 N–H and O–H groups in total. The smallest absolute Gasteiger partial charge is 0.219 e. The lowest BCUT2D eigenvalue weighted by Crippen LogP contribution is -2.39. The monoisotopic (exact) mass is 416 g/mol. The number of rotatable bonds is 5. The van der Waals surface area contributed by atoms with Gasteiger partial charge >= 0.3 is 0 Å². The van der Waals surface area contributed by atoms with Crippen LogP contribution in [-0.4, -0.2) is 62.9 Å². The van der Waals surface area contributed by atoms with Gasteiger partial charge in [-0.3, -0.25) is 9.48 Å². The molecule has 0 radical (unpaired) electrons. The van der Waals surface area contributed by atoms with E-state index in [-0.39, 0.29) is 5.91 Å². The van der Waals surface area contributed by atoms with Crippen LogP contribution in [0.4, 0.5) is 0 Å². The second-order valence-corrected chi connectivity index (χ2v) is 8.60. The first kappa shape index (κ1) is 20.4. The molecule has 1 aromatic carbocycles. The van der Waals surface area contributed by atoms with Gasteiger partial charge in [0.2, 0.25) is 5.91 Å². The molecule has 0 saturated carbocycles. The normalized spacial score (nSPS) is 18.5. The maximum absolute atomic E-state index is 11.9. The third-order valence-corrected chi connectivity index (χ3v) is 6.25. The van der Waals surface area contributed by atoms with Crippen molar-refractivity contribution in [2.45, 2.75) is 51.8 Å². The molecule has 7 heteroatoms. The van der Waals surface area contributed by atoms with Crippen LogP contribution in [0.3, 0.4) is 0 Å². The molecule has 1 aromatic heterocycles. The number of nitrogens with zero attached hydrogens (tertiary/aromatic N) is 4. The fourth-order valence-electron chi connectivity index (χ4n) is 4.45. The molecule has 1 fully saturated rings. The van der Waals surface area contributed by atoms with Crippen LogP contribution in [0.2, 0.25) is 5.02 Å². The molecule has 6 nitrogen and oxygen atoms in total. The molecule has 0 spiro atoms. The zero-order valence-corrected chi connectivity index (χ0v) is 17.7. The predicted molar refractivity (Wildman–Crippen MR) is 114 cm³/mol. The fourth-order valence-corrected chi connectivity index (χ4v) is 4.57. The Morgan fingerprint density at radius 3 is 2.55 bits per heavy atom. The number of halogens is 1. The Balaban J connectivity index is 1.59. The third kappa shape index (κ3) is 4.65.